The van der Waals surface area contributed by atoms with Crippen LogP contribution in [0.2, 0.25) is 0 Å². The van der Waals surface area contributed by atoms with Gasteiger partial charge in [0, 0.05) is 12.8 Å². The molecule has 0 aliphatic rings. The van der Waals surface area contributed by atoms with E-state index in [0.29, 0.717) is 5.92 Å². The van der Waals surface area contributed by atoms with Crippen molar-refractivity contribution in [1.82, 2.24) is 0 Å². The van der Waals surface area contributed by atoms with E-state index in [9.17, 15) is 9.59 Å². The van der Waals surface area contributed by atoms with E-state index in [-0.39, 0.29) is 12.8 Å². The molecule has 0 fully saturated rings. The molecule has 0 aromatic heterocycles. The first-order valence-corrected chi connectivity index (χ1v) is 10.4. The van der Waals surface area contributed by atoms with Crippen LogP contribution < -0.4 is 0 Å². The van der Waals surface area contributed by atoms with E-state index in [0.717, 1.165) is 57.8 Å². The van der Waals surface area contributed by atoms with Gasteiger partial charge in [-0.3, -0.25) is 9.59 Å². The first-order valence-electron chi connectivity index (χ1n) is 10.4. The van der Waals surface area contributed by atoms with Crippen molar-refractivity contribution in [3.8, 4) is 0 Å². The highest BCUT2D eigenvalue weighted by molar-refractivity contribution is 5.66. The molecule has 1 aromatic rings. The van der Waals surface area contributed by atoms with Gasteiger partial charge in [0.25, 0.3) is 0 Å². The number of carboxylic acids is 2. The Labute approximate surface area is 164 Å². The Morgan fingerprint density at radius 2 is 1.33 bits per heavy atom. The van der Waals surface area contributed by atoms with Crippen LogP contribution in [0.4, 0.5) is 0 Å². The van der Waals surface area contributed by atoms with Gasteiger partial charge in [0.2, 0.25) is 0 Å². The highest BCUT2D eigenvalue weighted by atomic mass is 16.4. The molecule has 27 heavy (non-hydrogen) atoms. The van der Waals surface area contributed by atoms with Crippen LogP contribution in [-0.2, 0) is 28.9 Å². The van der Waals surface area contributed by atoms with Crippen LogP contribution >= 0.6 is 0 Å². The second-order valence-electron chi connectivity index (χ2n) is 7.94. The van der Waals surface area contributed by atoms with E-state index in [1.807, 2.05) is 0 Å². The number of rotatable bonds is 15. The lowest BCUT2D eigenvalue weighted by molar-refractivity contribution is -0.138. The van der Waals surface area contributed by atoms with Gasteiger partial charge in [0.1, 0.15) is 0 Å². The van der Waals surface area contributed by atoms with Crippen LogP contribution in [-0.4, -0.2) is 22.2 Å². The van der Waals surface area contributed by atoms with Gasteiger partial charge >= 0.3 is 11.9 Å². The first kappa shape index (κ1) is 23.2. The predicted molar refractivity (Wildman–Crippen MR) is 109 cm³/mol. The second-order valence-corrected chi connectivity index (χ2v) is 7.94. The van der Waals surface area contributed by atoms with Crippen molar-refractivity contribution >= 4 is 11.9 Å². The summed E-state index contributed by atoms with van der Waals surface area (Å²) in [7, 11) is 0. The van der Waals surface area contributed by atoms with Crippen LogP contribution in [0.15, 0.2) is 18.2 Å². The number of hydrogen-bond donors (Lipinski definition) is 2. The molecular formula is C23H36O4. The molecule has 1 rings (SSSR count). The maximum atomic E-state index is 10.6. The Morgan fingerprint density at radius 3 is 1.85 bits per heavy atom. The average Bonchev–Trinajstić information content (AvgIpc) is 2.60. The molecule has 0 radical (unpaired) electrons. The van der Waals surface area contributed by atoms with E-state index in [1.165, 1.54) is 23.1 Å². The highest BCUT2D eigenvalue weighted by Gasteiger charge is 2.07. The highest BCUT2D eigenvalue weighted by Crippen LogP contribution is 2.20. The minimum absolute atomic E-state index is 0.255. The summed E-state index contributed by atoms with van der Waals surface area (Å²) in [6, 6.07) is 6.83. The van der Waals surface area contributed by atoms with Crippen LogP contribution in [0.1, 0.15) is 88.3 Å². The summed E-state index contributed by atoms with van der Waals surface area (Å²) in [6.07, 6.45) is 10.2. The van der Waals surface area contributed by atoms with Gasteiger partial charge in [-0.15, -0.1) is 0 Å². The zero-order valence-electron chi connectivity index (χ0n) is 17.0. The van der Waals surface area contributed by atoms with Crippen LogP contribution in [0.25, 0.3) is 0 Å². The Kier molecular flexibility index (Phi) is 11.5. The lowest BCUT2D eigenvalue weighted by Crippen LogP contribution is -2.00. The molecule has 4 heteroatoms. The normalized spacial score (nSPS) is 11.1. The third kappa shape index (κ3) is 11.5. The fourth-order valence-corrected chi connectivity index (χ4v) is 3.30. The zero-order valence-corrected chi connectivity index (χ0v) is 17.0. The molecular weight excluding hydrogens is 340 g/mol. The molecule has 0 unspecified atom stereocenters. The first-order chi connectivity index (χ1) is 12.9. The van der Waals surface area contributed by atoms with Crippen LogP contribution in [0, 0.1) is 5.92 Å². The van der Waals surface area contributed by atoms with E-state index < -0.39 is 11.9 Å². The fourth-order valence-electron chi connectivity index (χ4n) is 3.30. The minimum Gasteiger partial charge on any atom is -0.481 e. The molecule has 1 aromatic carbocycles. The molecule has 0 saturated heterocycles. The van der Waals surface area contributed by atoms with Gasteiger partial charge in [-0.1, -0.05) is 44.9 Å². The summed E-state index contributed by atoms with van der Waals surface area (Å²) in [4.78, 5) is 21.2. The molecule has 0 aliphatic heterocycles. The van der Waals surface area contributed by atoms with Crippen LogP contribution in [0.3, 0.4) is 0 Å². The number of aryl methyl sites for hydroxylation is 3. The number of aliphatic carboxylic acids is 2. The summed E-state index contributed by atoms with van der Waals surface area (Å²) in [5.41, 5.74) is 4.15. The molecule has 0 heterocycles. The lowest BCUT2D eigenvalue weighted by Gasteiger charge is -2.13. The number of unbranched alkanes of at least 4 members (excludes halogenated alkanes) is 4. The van der Waals surface area contributed by atoms with Crippen molar-refractivity contribution in [2.45, 2.75) is 90.9 Å². The quantitative estimate of drug-likeness (QED) is 0.388. The Balaban J connectivity index is 2.59. The molecule has 4 nitrogen and oxygen atoms in total. The summed E-state index contributed by atoms with van der Waals surface area (Å²) >= 11 is 0. The monoisotopic (exact) mass is 376 g/mol. The SMILES string of the molecule is CC(C)CCc1ccc(CCCCCC(=O)O)c(CCCCCC(=O)O)c1. The van der Waals surface area contributed by atoms with Crippen LogP contribution in [0.5, 0.6) is 0 Å². The largest absolute Gasteiger partial charge is 0.481 e. The van der Waals surface area contributed by atoms with Crippen molar-refractivity contribution in [2.24, 2.45) is 5.92 Å². The molecule has 2 N–H and O–H groups in total. The molecule has 0 aliphatic carbocycles. The van der Waals surface area contributed by atoms with Gasteiger partial charge in [-0.05, 0) is 74.0 Å². The number of carbonyl (C=O) groups is 2. The maximum absolute atomic E-state index is 10.6. The minimum atomic E-state index is -0.716. The fraction of sp³-hybridized carbons (Fsp3) is 0.652. The van der Waals surface area contributed by atoms with Crippen molar-refractivity contribution < 1.29 is 19.8 Å². The maximum Gasteiger partial charge on any atom is 0.303 e. The Hall–Kier alpha value is -1.84. The third-order valence-corrected chi connectivity index (χ3v) is 4.95. The summed E-state index contributed by atoms with van der Waals surface area (Å²) in [5, 5.41) is 17.5. The zero-order chi connectivity index (χ0) is 20.1. The lowest BCUT2D eigenvalue weighted by atomic mass is 9.93. The van der Waals surface area contributed by atoms with E-state index in [1.54, 1.807) is 0 Å². The van der Waals surface area contributed by atoms with Gasteiger partial charge in [-0.2, -0.15) is 0 Å². The smallest absolute Gasteiger partial charge is 0.303 e. The standard InChI is InChI=1S/C23H36O4/c1-18(2)13-14-19-15-16-20(9-5-3-7-11-22(24)25)21(17-19)10-6-4-8-12-23(26)27/h15-18H,3-14H2,1-2H3,(H,24,25)(H,26,27). The second kappa shape index (κ2) is 13.3. The van der Waals surface area contributed by atoms with E-state index in [2.05, 4.69) is 32.0 Å². The van der Waals surface area contributed by atoms with Gasteiger partial charge in [0.05, 0.1) is 0 Å². The number of hydrogen-bond acceptors (Lipinski definition) is 2. The summed E-state index contributed by atoms with van der Waals surface area (Å²) in [5.74, 6) is -0.738. The molecule has 0 spiro atoms. The molecule has 0 saturated carbocycles. The van der Waals surface area contributed by atoms with Crippen molar-refractivity contribution in [3.63, 3.8) is 0 Å². The van der Waals surface area contributed by atoms with Gasteiger partial charge in [-0.25, -0.2) is 0 Å². The van der Waals surface area contributed by atoms with Crippen molar-refractivity contribution in [1.29, 1.82) is 0 Å². The number of benzene rings is 1. The summed E-state index contributed by atoms with van der Waals surface area (Å²) in [6.45, 7) is 4.49. The number of carboxylic acid groups (broad SMARTS) is 2. The van der Waals surface area contributed by atoms with Gasteiger partial charge < -0.3 is 10.2 Å². The Morgan fingerprint density at radius 1 is 0.778 bits per heavy atom. The Bertz CT molecular complexity index is 578. The van der Waals surface area contributed by atoms with E-state index in [4.69, 9.17) is 10.2 Å². The average molecular weight is 377 g/mol. The molecule has 0 amide bonds. The van der Waals surface area contributed by atoms with Crippen molar-refractivity contribution in [3.05, 3.63) is 34.9 Å². The molecule has 0 bridgehead atoms. The van der Waals surface area contributed by atoms with Gasteiger partial charge in [0.15, 0.2) is 0 Å². The van der Waals surface area contributed by atoms with Crippen molar-refractivity contribution in [2.75, 3.05) is 0 Å². The molecule has 152 valence electrons. The third-order valence-electron chi connectivity index (χ3n) is 4.95. The topological polar surface area (TPSA) is 74.6 Å². The predicted octanol–water partition coefficient (Wildman–Crippen LogP) is 5.65. The molecule has 0 atom stereocenters. The van der Waals surface area contributed by atoms with E-state index >= 15 is 0 Å². The summed E-state index contributed by atoms with van der Waals surface area (Å²) < 4.78 is 0.